The first kappa shape index (κ1) is 11.1. The van der Waals surface area contributed by atoms with Crippen molar-refractivity contribution in [2.24, 2.45) is 0 Å². The van der Waals surface area contributed by atoms with Gasteiger partial charge in [-0.15, -0.1) is 11.3 Å². The van der Waals surface area contributed by atoms with Gasteiger partial charge in [0.15, 0.2) is 0 Å². The number of rotatable bonds is 4. The summed E-state index contributed by atoms with van der Waals surface area (Å²) < 4.78 is 0. The molecule has 0 aromatic carbocycles. The van der Waals surface area contributed by atoms with Gasteiger partial charge in [0.1, 0.15) is 0 Å². The lowest BCUT2D eigenvalue weighted by molar-refractivity contribution is 0.165. The predicted molar refractivity (Wildman–Crippen MR) is 65.0 cm³/mol. The monoisotopic (exact) mass is 222 g/mol. The van der Waals surface area contributed by atoms with Crippen LogP contribution in [0.4, 0.5) is 0 Å². The van der Waals surface area contributed by atoms with Gasteiger partial charge in [-0.3, -0.25) is 4.90 Å². The van der Waals surface area contributed by atoms with E-state index >= 15 is 0 Å². The van der Waals surface area contributed by atoms with Gasteiger partial charge in [0.2, 0.25) is 0 Å². The Morgan fingerprint density at radius 3 is 2.73 bits per heavy atom. The van der Waals surface area contributed by atoms with Crippen LogP contribution in [0.2, 0.25) is 0 Å². The van der Waals surface area contributed by atoms with Crippen molar-refractivity contribution in [1.82, 2.24) is 9.80 Å². The molecular formula is C12H18N2S. The van der Waals surface area contributed by atoms with Gasteiger partial charge in [-0.2, -0.15) is 0 Å². The molecule has 2 rings (SSSR count). The number of hydrogen-bond donors (Lipinski definition) is 0. The van der Waals surface area contributed by atoms with E-state index in [4.69, 9.17) is 7.05 Å². The highest BCUT2D eigenvalue weighted by Gasteiger charge is 2.12. The van der Waals surface area contributed by atoms with E-state index in [0.717, 1.165) is 26.2 Å². The average molecular weight is 222 g/mol. The first-order valence-corrected chi connectivity index (χ1v) is 6.47. The lowest BCUT2D eigenvalue weighted by Crippen LogP contribution is -2.43. The summed E-state index contributed by atoms with van der Waals surface area (Å²) in [4.78, 5) is 5.93. The molecule has 2 radical (unpaired) electrons. The topological polar surface area (TPSA) is 6.48 Å². The van der Waals surface area contributed by atoms with Gasteiger partial charge in [0.25, 0.3) is 0 Å². The van der Waals surface area contributed by atoms with Crippen LogP contribution in [0.25, 0.3) is 0 Å². The molecule has 82 valence electrons. The van der Waals surface area contributed by atoms with E-state index in [9.17, 15) is 0 Å². The summed E-state index contributed by atoms with van der Waals surface area (Å²) in [7, 11) is 5.71. The van der Waals surface area contributed by atoms with E-state index in [1.54, 1.807) is 0 Å². The second-order valence-electron chi connectivity index (χ2n) is 4.06. The van der Waals surface area contributed by atoms with Crippen molar-refractivity contribution < 1.29 is 0 Å². The van der Waals surface area contributed by atoms with E-state index in [1.807, 2.05) is 16.2 Å². The van der Waals surface area contributed by atoms with Crippen LogP contribution in [0.5, 0.6) is 0 Å². The Kier molecular flexibility index (Phi) is 4.18. The molecule has 2 heterocycles. The molecular weight excluding hydrogens is 204 g/mol. The predicted octanol–water partition coefficient (Wildman–Crippen LogP) is 1.97. The van der Waals surface area contributed by atoms with Gasteiger partial charge in [-0.05, 0) is 30.8 Å². The zero-order valence-electron chi connectivity index (χ0n) is 9.06. The summed E-state index contributed by atoms with van der Waals surface area (Å²) in [5.41, 5.74) is 0. The maximum Gasteiger partial charge on any atom is 0.0439 e. The van der Waals surface area contributed by atoms with Crippen molar-refractivity contribution in [3.8, 4) is 0 Å². The summed E-state index contributed by atoms with van der Waals surface area (Å²) in [5.74, 6) is 0. The first-order valence-electron chi connectivity index (χ1n) is 5.59. The van der Waals surface area contributed by atoms with Gasteiger partial charge in [-0.25, -0.2) is 0 Å². The van der Waals surface area contributed by atoms with Crippen LogP contribution < -0.4 is 0 Å². The average Bonchev–Trinajstić information content (AvgIpc) is 2.74. The molecule has 1 aromatic rings. The summed E-state index contributed by atoms with van der Waals surface area (Å²) in [6.07, 6.45) is 2.49. The standard InChI is InChI=1S/C12H18N2S/c1-13-7-9-14(10-8-13)6-2-4-12-5-3-11-15-12/h1,3,5,11H,2,4,6-10H2. The zero-order chi connectivity index (χ0) is 10.5. The molecule has 1 saturated heterocycles. The van der Waals surface area contributed by atoms with Crippen molar-refractivity contribution in [3.05, 3.63) is 29.4 Å². The minimum Gasteiger partial charge on any atom is -0.301 e. The smallest absolute Gasteiger partial charge is 0.0439 e. The van der Waals surface area contributed by atoms with E-state index in [2.05, 4.69) is 22.4 Å². The molecule has 0 atom stereocenters. The quantitative estimate of drug-likeness (QED) is 0.768. The molecule has 2 nitrogen and oxygen atoms in total. The Bertz CT molecular complexity index is 263. The second-order valence-corrected chi connectivity index (χ2v) is 5.09. The molecule has 1 aliphatic heterocycles. The van der Waals surface area contributed by atoms with Crippen LogP contribution in [-0.4, -0.2) is 42.5 Å². The number of nitrogens with zero attached hydrogens (tertiary/aromatic N) is 2. The Balaban J connectivity index is 1.62. The van der Waals surface area contributed by atoms with Crippen LogP contribution in [-0.2, 0) is 6.42 Å². The molecule has 0 bridgehead atoms. The highest BCUT2D eigenvalue weighted by atomic mass is 32.1. The third-order valence-electron chi connectivity index (χ3n) is 2.88. The van der Waals surface area contributed by atoms with Crippen LogP contribution in [0.3, 0.4) is 0 Å². The molecule has 0 saturated carbocycles. The largest absolute Gasteiger partial charge is 0.301 e. The van der Waals surface area contributed by atoms with Crippen molar-refractivity contribution in [2.75, 3.05) is 32.7 Å². The molecule has 0 amide bonds. The van der Waals surface area contributed by atoms with Crippen LogP contribution >= 0.6 is 11.3 Å². The highest BCUT2D eigenvalue weighted by molar-refractivity contribution is 7.09. The first-order chi connectivity index (χ1) is 7.34. The number of thiophene rings is 1. The molecule has 0 aliphatic carbocycles. The number of aryl methyl sites for hydroxylation is 1. The van der Waals surface area contributed by atoms with Gasteiger partial charge >= 0.3 is 0 Å². The fraction of sp³-hybridized carbons (Fsp3) is 0.583. The summed E-state index contributed by atoms with van der Waals surface area (Å²) in [5, 5.41) is 2.16. The maximum atomic E-state index is 5.71. The van der Waals surface area contributed by atoms with E-state index in [0.29, 0.717) is 0 Å². The van der Waals surface area contributed by atoms with E-state index in [1.165, 1.54) is 24.3 Å². The van der Waals surface area contributed by atoms with E-state index in [-0.39, 0.29) is 0 Å². The molecule has 0 unspecified atom stereocenters. The van der Waals surface area contributed by atoms with Gasteiger partial charge in [-0.1, -0.05) is 6.07 Å². The van der Waals surface area contributed by atoms with Crippen molar-refractivity contribution in [3.63, 3.8) is 0 Å². The molecule has 1 fully saturated rings. The summed E-state index contributed by atoms with van der Waals surface area (Å²) in [6, 6.07) is 4.36. The van der Waals surface area contributed by atoms with Crippen molar-refractivity contribution in [1.29, 1.82) is 0 Å². The fourth-order valence-corrected chi connectivity index (χ4v) is 2.67. The fourth-order valence-electron chi connectivity index (χ4n) is 1.92. The highest BCUT2D eigenvalue weighted by Crippen LogP contribution is 2.11. The molecule has 1 aromatic heterocycles. The van der Waals surface area contributed by atoms with Gasteiger partial charge in [0.05, 0.1) is 0 Å². The summed E-state index contributed by atoms with van der Waals surface area (Å²) in [6.45, 7) is 5.49. The third kappa shape index (κ3) is 3.59. The lowest BCUT2D eigenvalue weighted by Gasteiger charge is -2.31. The number of piperazine rings is 1. The zero-order valence-corrected chi connectivity index (χ0v) is 9.88. The normalized spacial score (nSPS) is 19.5. The van der Waals surface area contributed by atoms with Crippen LogP contribution in [0.15, 0.2) is 17.5 Å². The number of hydrogen-bond acceptors (Lipinski definition) is 3. The van der Waals surface area contributed by atoms with E-state index < -0.39 is 0 Å². The molecule has 1 aliphatic rings. The lowest BCUT2D eigenvalue weighted by atomic mass is 10.2. The molecule has 0 spiro atoms. The van der Waals surface area contributed by atoms with Crippen molar-refractivity contribution in [2.45, 2.75) is 12.8 Å². The maximum absolute atomic E-state index is 5.71. The SMILES string of the molecule is [CH]N1CCN(CCCc2cccs2)CC1. The molecule has 0 N–H and O–H groups in total. The minimum atomic E-state index is 1.01. The van der Waals surface area contributed by atoms with Crippen molar-refractivity contribution >= 4 is 11.3 Å². The molecule has 15 heavy (non-hydrogen) atoms. The second kappa shape index (κ2) is 5.64. The molecule has 3 heteroatoms. The van der Waals surface area contributed by atoms with Gasteiger partial charge in [0, 0.05) is 38.1 Å². The summed E-state index contributed by atoms with van der Waals surface area (Å²) >= 11 is 1.86. The van der Waals surface area contributed by atoms with Gasteiger partial charge < -0.3 is 4.90 Å². The van der Waals surface area contributed by atoms with Crippen LogP contribution in [0, 0.1) is 7.05 Å². The minimum absolute atomic E-state index is 1.01. The Hall–Kier alpha value is -0.380. The Morgan fingerprint density at radius 2 is 2.07 bits per heavy atom. The van der Waals surface area contributed by atoms with Crippen LogP contribution in [0.1, 0.15) is 11.3 Å². The third-order valence-corrected chi connectivity index (χ3v) is 3.82. The Morgan fingerprint density at radius 1 is 1.27 bits per heavy atom. The Labute approximate surface area is 96.5 Å².